The summed E-state index contributed by atoms with van der Waals surface area (Å²) in [6, 6.07) is 12.4. The number of allylic oxidation sites excluding steroid dienone is 2. The van der Waals surface area contributed by atoms with E-state index in [0.29, 0.717) is 22.5 Å². The van der Waals surface area contributed by atoms with Gasteiger partial charge in [-0.2, -0.15) is 22.1 Å². The molecule has 12 heteroatoms. The average Bonchev–Trinajstić information content (AvgIpc) is 2.79. The lowest BCUT2D eigenvalue weighted by molar-refractivity contribution is 0.481. The summed E-state index contributed by atoms with van der Waals surface area (Å²) in [5.74, 6) is 0.0979. The second-order valence-corrected chi connectivity index (χ2v) is 9.37. The molecule has 2 aromatic carbocycles. The molecule has 0 saturated carbocycles. The van der Waals surface area contributed by atoms with Crippen molar-refractivity contribution in [3.63, 3.8) is 0 Å². The Hall–Kier alpha value is -3.50. The summed E-state index contributed by atoms with van der Waals surface area (Å²) in [4.78, 5) is 3.66. The number of aliphatic imine (C=N–C) groups is 1. The van der Waals surface area contributed by atoms with Crippen molar-refractivity contribution in [2.24, 2.45) is 10.7 Å². The number of hydrogen-bond donors (Lipinski definition) is 4. The van der Waals surface area contributed by atoms with Gasteiger partial charge < -0.3 is 11.1 Å². The predicted octanol–water partition coefficient (Wildman–Crippen LogP) is 4.05. The molecule has 0 fully saturated rings. The lowest BCUT2D eigenvalue weighted by Crippen LogP contribution is -2.14. The highest BCUT2D eigenvalue weighted by molar-refractivity contribution is 7.86. The predicted molar refractivity (Wildman–Crippen MR) is 131 cm³/mol. The van der Waals surface area contributed by atoms with Crippen LogP contribution in [-0.4, -0.2) is 31.8 Å². The van der Waals surface area contributed by atoms with Gasteiger partial charge in [-0.05, 0) is 73.5 Å². The fourth-order valence-electron chi connectivity index (χ4n) is 2.41. The first-order valence-electron chi connectivity index (χ1n) is 9.87. The summed E-state index contributed by atoms with van der Waals surface area (Å²) >= 11 is 0. The monoisotopic (exact) mass is 506 g/mol. The smallest absolute Gasteiger partial charge is 0.294 e. The third-order valence-corrected chi connectivity index (χ3v) is 6.13. The van der Waals surface area contributed by atoms with Crippen LogP contribution in [0.3, 0.4) is 0 Å². The molecule has 0 aliphatic rings. The van der Waals surface area contributed by atoms with Crippen molar-refractivity contribution < 1.29 is 25.9 Å². The van der Waals surface area contributed by atoms with Crippen molar-refractivity contribution in [2.45, 2.75) is 37.5 Å². The van der Waals surface area contributed by atoms with Gasteiger partial charge in [0.1, 0.15) is 11.9 Å². The van der Waals surface area contributed by atoms with Crippen LogP contribution in [-0.2, 0) is 20.2 Å². The van der Waals surface area contributed by atoms with Gasteiger partial charge in [-0.3, -0.25) is 9.11 Å². The molecule has 0 bridgehead atoms. The van der Waals surface area contributed by atoms with E-state index in [-0.39, 0.29) is 21.2 Å². The Balaban J connectivity index is 0.00000281. The molecule has 0 aliphatic carbocycles. The molecule has 0 radical (unpaired) electrons. The SMILES string of the molecule is C/C(C(N)=Nc1ccc(S(=O)(=O)O)cc1)=C(C)/C(C#N)=C/Nc1ccc(S(=O)(=O)O)cc1.CC. The fourth-order valence-corrected chi connectivity index (χ4v) is 3.37. The van der Waals surface area contributed by atoms with Crippen LogP contribution in [0.15, 0.2) is 86.2 Å². The normalized spacial score (nSPS) is 13.2. The van der Waals surface area contributed by atoms with E-state index < -0.39 is 20.2 Å². The summed E-state index contributed by atoms with van der Waals surface area (Å²) in [5, 5.41) is 12.3. The average molecular weight is 507 g/mol. The molecule has 2 aromatic rings. The molecule has 0 saturated heterocycles. The van der Waals surface area contributed by atoms with E-state index in [1.165, 1.54) is 54.7 Å². The number of nitrogens with one attached hydrogen (secondary N) is 1. The maximum Gasteiger partial charge on any atom is 0.294 e. The lowest BCUT2D eigenvalue weighted by Gasteiger charge is -2.08. The van der Waals surface area contributed by atoms with Crippen molar-refractivity contribution in [3.8, 4) is 6.07 Å². The zero-order valence-corrected chi connectivity index (χ0v) is 20.6. The molecule has 0 aromatic heterocycles. The first-order chi connectivity index (χ1) is 15.8. The van der Waals surface area contributed by atoms with Gasteiger partial charge >= 0.3 is 0 Å². The molecule has 5 N–H and O–H groups in total. The van der Waals surface area contributed by atoms with E-state index >= 15 is 0 Å². The van der Waals surface area contributed by atoms with Gasteiger partial charge in [0.25, 0.3) is 20.2 Å². The number of hydrogen-bond acceptors (Lipinski definition) is 7. The van der Waals surface area contributed by atoms with Gasteiger partial charge in [-0.1, -0.05) is 13.8 Å². The maximum atomic E-state index is 11.1. The van der Waals surface area contributed by atoms with Crippen LogP contribution in [0.2, 0.25) is 0 Å². The molecule has 34 heavy (non-hydrogen) atoms. The largest absolute Gasteiger partial charge is 0.383 e. The van der Waals surface area contributed by atoms with E-state index in [1.807, 2.05) is 19.9 Å². The molecular formula is C22H26N4O6S2. The molecule has 0 unspecified atom stereocenters. The highest BCUT2D eigenvalue weighted by Gasteiger charge is 2.11. The van der Waals surface area contributed by atoms with Crippen molar-refractivity contribution in [1.29, 1.82) is 5.26 Å². The Labute approximate surface area is 199 Å². The van der Waals surface area contributed by atoms with Gasteiger partial charge in [0.2, 0.25) is 0 Å². The zero-order valence-electron chi connectivity index (χ0n) is 19.0. The summed E-state index contributed by atoms with van der Waals surface area (Å²) in [5.41, 5.74) is 8.11. The summed E-state index contributed by atoms with van der Waals surface area (Å²) in [6.07, 6.45) is 1.41. The molecule has 2 rings (SSSR count). The third-order valence-electron chi connectivity index (χ3n) is 4.39. The fraction of sp³-hybridized carbons (Fsp3) is 0.182. The van der Waals surface area contributed by atoms with Gasteiger partial charge in [0, 0.05) is 11.9 Å². The number of amidine groups is 1. The topological polar surface area (TPSA) is 183 Å². The molecule has 182 valence electrons. The van der Waals surface area contributed by atoms with Gasteiger partial charge in [0.05, 0.1) is 21.1 Å². The lowest BCUT2D eigenvalue weighted by atomic mass is 10.0. The number of nitriles is 1. The standard InChI is InChI=1S/C20H20N4O6S2.C2H6/c1-13(14(2)20(22)24-17-5-9-19(10-6-17)32(28,29)30)15(11-21)12-23-16-3-7-18(8-4-16)31(25,26)27;1-2/h3-10,12,23H,1-2H3,(H2,22,24)(H,25,26,27)(H,28,29,30);1-2H3/b14-13-,15-12+;. The molecule has 0 atom stereocenters. The van der Waals surface area contributed by atoms with E-state index in [4.69, 9.17) is 14.8 Å². The minimum absolute atomic E-state index is 0.0979. The van der Waals surface area contributed by atoms with Crippen molar-refractivity contribution >= 4 is 37.4 Å². The third kappa shape index (κ3) is 8.13. The summed E-state index contributed by atoms with van der Waals surface area (Å²) in [6.45, 7) is 7.32. The second kappa shape index (κ2) is 12.1. The highest BCUT2D eigenvalue weighted by Crippen LogP contribution is 2.20. The molecule has 10 nitrogen and oxygen atoms in total. The van der Waals surface area contributed by atoms with Crippen LogP contribution < -0.4 is 11.1 Å². The number of nitrogens with zero attached hydrogens (tertiary/aromatic N) is 2. The summed E-state index contributed by atoms with van der Waals surface area (Å²) in [7, 11) is -8.61. The first-order valence-corrected chi connectivity index (χ1v) is 12.7. The van der Waals surface area contributed by atoms with Crippen molar-refractivity contribution in [3.05, 3.63) is 71.5 Å². The Kier molecular flexibility index (Phi) is 10.2. The van der Waals surface area contributed by atoms with Crippen LogP contribution in [0.25, 0.3) is 0 Å². The van der Waals surface area contributed by atoms with Gasteiger partial charge in [-0.15, -0.1) is 0 Å². The van der Waals surface area contributed by atoms with E-state index in [2.05, 4.69) is 10.3 Å². The van der Waals surface area contributed by atoms with Crippen LogP contribution in [0, 0.1) is 11.3 Å². The van der Waals surface area contributed by atoms with Gasteiger partial charge in [0.15, 0.2) is 0 Å². The minimum Gasteiger partial charge on any atom is -0.383 e. The number of nitrogens with two attached hydrogens (primary N) is 1. The van der Waals surface area contributed by atoms with Crippen LogP contribution in [0.1, 0.15) is 27.7 Å². The number of benzene rings is 2. The van der Waals surface area contributed by atoms with E-state index in [0.717, 1.165) is 0 Å². The van der Waals surface area contributed by atoms with E-state index in [1.54, 1.807) is 13.8 Å². The van der Waals surface area contributed by atoms with Crippen molar-refractivity contribution in [2.75, 3.05) is 5.32 Å². The number of rotatable bonds is 7. The first kappa shape index (κ1) is 28.5. The van der Waals surface area contributed by atoms with Crippen molar-refractivity contribution in [1.82, 2.24) is 0 Å². The molecule has 0 amide bonds. The Morgan fingerprint density at radius 1 is 0.912 bits per heavy atom. The Morgan fingerprint density at radius 3 is 1.76 bits per heavy atom. The van der Waals surface area contributed by atoms with Crippen LogP contribution in [0.4, 0.5) is 11.4 Å². The summed E-state index contributed by atoms with van der Waals surface area (Å²) < 4.78 is 62.4. The van der Waals surface area contributed by atoms with Crippen LogP contribution in [0.5, 0.6) is 0 Å². The Morgan fingerprint density at radius 2 is 1.35 bits per heavy atom. The quantitative estimate of drug-likeness (QED) is 0.141. The number of anilines is 1. The zero-order chi connectivity index (χ0) is 26.1. The molecular weight excluding hydrogens is 480 g/mol. The maximum absolute atomic E-state index is 11.1. The van der Waals surface area contributed by atoms with Gasteiger partial charge in [-0.25, -0.2) is 4.99 Å². The minimum atomic E-state index is -4.31. The second-order valence-electron chi connectivity index (χ2n) is 6.53. The van der Waals surface area contributed by atoms with E-state index in [9.17, 15) is 22.1 Å². The molecule has 0 heterocycles. The molecule has 0 spiro atoms. The molecule has 0 aliphatic heterocycles. The Bertz CT molecular complexity index is 1350. The highest BCUT2D eigenvalue weighted by atomic mass is 32.2. The van der Waals surface area contributed by atoms with Crippen LogP contribution >= 0.6 is 0 Å².